The molecule has 0 unspecified atom stereocenters. The van der Waals surface area contributed by atoms with Crippen LogP contribution in [0.4, 0.5) is 5.69 Å². The maximum atomic E-state index is 13.7. The number of nitrogens with one attached hydrogen (secondary N) is 1. The van der Waals surface area contributed by atoms with Crippen molar-refractivity contribution in [3.8, 4) is 34.5 Å². The molecule has 1 amide bonds. The normalized spacial score (nSPS) is 11.1. The third-order valence-electron chi connectivity index (χ3n) is 5.72. The van der Waals surface area contributed by atoms with Gasteiger partial charge < -0.3 is 28.4 Å². The highest BCUT2D eigenvalue weighted by Crippen LogP contribution is 2.39. The average molecular weight is 574 g/mol. The first kappa shape index (κ1) is 29.9. The van der Waals surface area contributed by atoms with Crippen LogP contribution in [0.3, 0.4) is 0 Å². The molecule has 0 heterocycles. The molecule has 0 radical (unpaired) electrons. The fraction of sp³-hybridized carbons (Fsp3) is 0.259. The molecule has 40 heavy (non-hydrogen) atoms. The molecule has 1 N–H and O–H groups in total. The van der Waals surface area contributed by atoms with Crippen molar-refractivity contribution in [1.29, 1.82) is 0 Å². The van der Waals surface area contributed by atoms with Gasteiger partial charge in [0.2, 0.25) is 5.75 Å². The van der Waals surface area contributed by atoms with E-state index in [1.807, 2.05) is 0 Å². The van der Waals surface area contributed by atoms with Crippen LogP contribution in [-0.2, 0) is 14.8 Å². The highest BCUT2D eigenvalue weighted by Gasteiger charge is 2.28. The second kappa shape index (κ2) is 13.4. The Morgan fingerprint density at radius 3 is 1.98 bits per heavy atom. The summed E-state index contributed by atoms with van der Waals surface area (Å²) in [6.45, 7) is -0.580. The van der Waals surface area contributed by atoms with Crippen LogP contribution in [0.1, 0.15) is 5.56 Å². The van der Waals surface area contributed by atoms with Crippen LogP contribution in [0, 0.1) is 0 Å². The Bertz CT molecular complexity index is 1460. The monoisotopic (exact) mass is 573 g/mol. The van der Waals surface area contributed by atoms with Gasteiger partial charge in [0.05, 0.1) is 59.5 Å². The molecule has 0 saturated heterocycles. The molecule has 13 heteroatoms. The third-order valence-corrected chi connectivity index (χ3v) is 7.49. The molecule has 0 saturated carbocycles. The summed E-state index contributed by atoms with van der Waals surface area (Å²) in [5, 5.41) is 3.98. The van der Waals surface area contributed by atoms with Crippen molar-refractivity contribution < 1.29 is 41.6 Å². The topological polar surface area (TPSA) is 134 Å². The van der Waals surface area contributed by atoms with E-state index >= 15 is 0 Å². The molecule has 0 spiro atoms. The Kier molecular flexibility index (Phi) is 10.0. The van der Waals surface area contributed by atoms with E-state index in [4.69, 9.17) is 28.4 Å². The first-order valence-electron chi connectivity index (χ1n) is 11.7. The molecule has 0 aliphatic rings. The highest BCUT2D eigenvalue weighted by molar-refractivity contribution is 7.92. The van der Waals surface area contributed by atoms with Crippen molar-refractivity contribution in [1.82, 2.24) is 5.43 Å². The van der Waals surface area contributed by atoms with E-state index in [1.165, 1.54) is 79.2 Å². The predicted molar refractivity (Wildman–Crippen MR) is 149 cm³/mol. The Hall–Kier alpha value is -4.65. The number of ether oxygens (including phenoxy) is 6. The number of nitrogens with zero attached hydrogens (tertiary/aromatic N) is 2. The summed E-state index contributed by atoms with van der Waals surface area (Å²) < 4.78 is 60.1. The van der Waals surface area contributed by atoms with Crippen LogP contribution < -0.4 is 38.2 Å². The zero-order valence-corrected chi connectivity index (χ0v) is 23.8. The SMILES string of the molecule is COc1ccc(N(CC(=O)N/N=C\c2ccc(OC)c(OC)c2OC)S(=O)(=O)c2ccc(OC)c(OC)c2)cc1. The van der Waals surface area contributed by atoms with Crippen molar-refractivity contribution in [3.63, 3.8) is 0 Å². The zero-order chi connectivity index (χ0) is 29.3. The van der Waals surface area contributed by atoms with Gasteiger partial charge in [-0.15, -0.1) is 0 Å². The molecule has 0 bridgehead atoms. The number of hydrogen-bond donors (Lipinski definition) is 1. The van der Waals surface area contributed by atoms with E-state index in [0.29, 0.717) is 34.3 Å². The minimum atomic E-state index is -4.24. The quantitative estimate of drug-likeness (QED) is 0.242. The summed E-state index contributed by atoms with van der Waals surface area (Å²) in [4.78, 5) is 12.8. The van der Waals surface area contributed by atoms with Gasteiger partial charge in [-0.2, -0.15) is 5.10 Å². The van der Waals surface area contributed by atoms with E-state index in [9.17, 15) is 13.2 Å². The number of sulfonamides is 1. The standard InChI is InChI=1S/C27H31N3O9S/c1-34-20-10-8-19(9-11-20)30(40(32,33)21-12-14-22(35-2)24(15-21)37-4)17-25(31)29-28-16-18-7-13-23(36-3)27(39-6)26(18)38-5/h7-16H,17H2,1-6H3,(H,29,31)/b28-16-. The second-order valence-electron chi connectivity index (χ2n) is 7.94. The Morgan fingerprint density at radius 2 is 1.40 bits per heavy atom. The fourth-order valence-corrected chi connectivity index (χ4v) is 5.17. The van der Waals surface area contributed by atoms with Crippen LogP contribution >= 0.6 is 0 Å². The molecule has 3 aromatic rings. The van der Waals surface area contributed by atoms with Crippen LogP contribution in [0.2, 0.25) is 0 Å². The second-order valence-corrected chi connectivity index (χ2v) is 9.81. The number of anilines is 1. The molecule has 0 atom stereocenters. The number of amides is 1. The van der Waals surface area contributed by atoms with Crippen LogP contribution in [-0.4, -0.2) is 69.7 Å². The molecule has 0 aromatic heterocycles. The maximum absolute atomic E-state index is 13.7. The molecular weight excluding hydrogens is 542 g/mol. The number of methoxy groups -OCH3 is 6. The molecule has 0 aliphatic carbocycles. The fourth-order valence-electron chi connectivity index (χ4n) is 3.73. The molecule has 3 rings (SSSR count). The molecule has 214 valence electrons. The number of carbonyl (C=O) groups excluding carboxylic acids is 1. The van der Waals surface area contributed by atoms with E-state index in [1.54, 1.807) is 24.3 Å². The van der Waals surface area contributed by atoms with Crippen molar-refractivity contribution >= 4 is 27.8 Å². The average Bonchev–Trinajstić information content (AvgIpc) is 2.98. The summed E-state index contributed by atoms with van der Waals surface area (Å²) in [5.41, 5.74) is 3.09. The number of rotatable bonds is 13. The van der Waals surface area contributed by atoms with Gasteiger partial charge in [-0.25, -0.2) is 13.8 Å². The van der Waals surface area contributed by atoms with Crippen LogP contribution in [0.15, 0.2) is 64.6 Å². The van der Waals surface area contributed by atoms with E-state index in [0.717, 1.165) is 4.31 Å². The largest absolute Gasteiger partial charge is 0.497 e. The van der Waals surface area contributed by atoms with Gasteiger partial charge in [0.15, 0.2) is 23.0 Å². The summed E-state index contributed by atoms with van der Waals surface area (Å²) in [5.74, 6) is 1.55. The Labute approximate surface area is 233 Å². The lowest BCUT2D eigenvalue weighted by atomic mass is 10.2. The van der Waals surface area contributed by atoms with Gasteiger partial charge in [-0.05, 0) is 48.5 Å². The number of carbonyl (C=O) groups is 1. The van der Waals surface area contributed by atoms with Crippen LogP contribution in [0.5, 0.6) is 34.5 Å². The highest BCUT2D eigenvalue weighted by atomic mass is 32.2. The first-order chi connectivity index (χ1) is 19.2. The van der Waals surface area contributed by atoms with Crippen molar-refractivity contribution in [2.75, 3.05) is 53.5 Å². The summed E-state index contributed by atoms with van der Waals surface area (Å²) in [6, 6.07) is 13.7. The smallest absolute Gasteiger partial charge is 0.264 e. The van der Waals surface area contributed by atoms with Gasteiger partial charge in [-0.3, -0.25) is 9.10 Å². The van der Waals surface area contributed by atoms with Gasteiger partial charge in [0.1, 0.15) is 12.3 Å². The minimum absolute atomic E-state index is 0.104. The van der Waals surface area contributed by atoms with Gasteiger partial charge in [0, 0.05) is 11.6 Å². The minimum Gasteiger partial charge on any atom is -0.497 e. The summed E-state index contributed by atoms with van der Waals surface area (Å²) in [6.07, 6.45) is 1.35. The lowest BCUT2D eigenvalue weighted by Crippen LogP contribution is -2.39. The van der Waals surface area contributed by atoms with E-state index in [-0.39, 0.29) is 16.3 Å². The van der Waals surface area contributed by atoms with Crippen LogP contribution in [0.25, 0.3) is 0 Å². The summed E-state index contributed by atoms with van der Waals surface area (Å²) in [7, 11) is 4.52. The maximum Gasteiger partial charge on any atom is 0.264 e. The zero-order valence-electron chi connectivity index (χ0n) is 23.0. The molecule has 12 nitrogen and oxygen atoms in total. The summed E-state index contributed by atoms with van der Waals surface area (Å²) >= 11 is 0. The predicted octanol–water partition coefficient (Wildman–Crippen LogP) is 3.08. The third kappa shape index (κ3) is 6.49. The lowest BCUT2D eigenvalue weighted by Gasteiger charge is -2.24. The number of hydrazone groups is 1. The number of benzene rings is 3. The molecule has 0 fully saturated rings. The van der Waals surface area contributed by atoms with E-state index in [2.05, 4.69) is 10.5 Å². The Balaban J connectivity index is 1.91. The van der Waals surface area contributed by atoms with Crippen molar-refractivity contribution in [2.45, 2.75) is 4.90 Å². The molecular formula is C27H31N3O9S. The van der Waals surface area contributed by atoms with Gasteiger partial charge in [0.25, 0.3) is 15.9 Å². The molecule has 0 aliphatic heterocycles. The van der Waals surface area contributed by atoms with E-state index < -0.39 is 22.5 Å². The number of hydrogen-bond acceptors (Lipinski definition) is 10. The van der Waals surface area contributed by atoms with Crippen molar-refractivity contribution in [2.24, 2.45) is 5.10 Å². The lowest BCUT2D eigenvalue weighted by molar-refractivity contribution is -0.119. The first-order valence-corrected chi connectivity index (χ1v) is 13.2. The van der Waals surface area contributed by atoms with Gasteiger partial charge >= 0.3 is 0 Å². The Morgan fingerprint density at radius 1 is 0.775 bits per heavy atom. The van der Waals surface area contributed by atoms with Crippen molar-refractivity contribution in [3.05, 3.63) is 60.2 Å². The molecule has 3 aromatic carbocycles. The van der Waals surface area contributed by atoms with Gasteiger partial charge in [-0.1, -0.05) is 0 Å².